The summed E-state index contributed by atoms with van der Waals surface area (Å²) in [5.74, 6) is -1.36. The van der Waals surface area contributed by atoms with Crippen LogP contribution in [-0.4, -0.2) is 69.8 Å². The number of imide groups is 2. The van der Waals surface area contributed by atoms with E-state index in [4.69, 9.17) is 0 Å². The average Bonchev–Trinajstić information content (AvgIpc) is 3.00. The highest BCUT2D eigenvalue weighted by molar-refractivity contribution is 6.25. The minimum absolute atomic E-state index is 0.00759. The second-order valence-corrected chi connectivity index (χ2v) is 12.2. The highest BCUT2D eigenvalue weighted by Gasteiger charge is 2.64. The maximum absolute atomic E-state index is 13.3. The van der Waals surface area contributed by atoms with E-state index in [1.807, 2.05) is 0 Å². The van der Waals surface area contributed by atoms with Gasteiger partial charge in [0.15, 0.2) is 0 Å². The standard InChI is InChI=1S/C27H34N4O6/c1-14(15-10-27(11-15)13-30(25(36)37)24(27)26(2,3)4)12-28-17-7-5-6-16-20(17)23(35)31(22(16)34)18-8-9-19(32)29-21(18)33/h5-7,14-15,18,24,28H,8-13H2,1-4H3,(H,36,37)(H,29,32,33)/t14-,15?,18?,24?,27?/m1/s1. The smallest absolute Gasteiger partial charge is 0.407 e. The summed E-state index contributed by atoms with van der Waals surface area (Å²) < 4.78 is 0. The Morgan fingerprint density at radius 1 is 1.19 bits per heavy atom. The Balaban J connectivity index is 1.24. The number of anilines is 1. The third-order valence-corrected chi connectivity index (χ3v) is 8.67. The molecule has 2 unspecified atom stereocenters. The topological polar surface area (TPSA) is 136 Å². The Morgan fingerprint density at radius 2 is 1.89 bits per heavy atom. The Bertz CT molecular complexity index is 1200. The van der Waals surface area contributed by atoms with E-state index in [0.29, 0.717) is 24.7 Å². The number of carbonyl (C=O) groups excluding carboxylic acids is 4. The van der Waals surface area contributed by atoms with Gasteiger partial charge in [0.1, 0.15) is 6.04 Å². The fourth-order valence-electron chi connectivity index (χ4n) is 7.14. The van der Waals surface area contributed by atoms with Crippen molar-refractivity contribution in [3.05, 3.63) is 29.3 Å². The number of likely N-dealkylation sites (tertiary alicyclic amines) is 1. The first kappa shape index (κ1) is 25.2. The number of rotatable bonds is 5. The summed E-state index contributed by atoms with van der Waals surface area (Å²) in [6.07, 6.45) is 1.28. The zero-order valence-electron chi connectivity index (χ0n) is 21.7. The maximum Gasteiger partial charge on any atom is 0.407 e. The van der Waals surface area contributed by atoms with Crippen molar-refractivity contribution in [3.8, 4) is 0 Å². The van der Waals surface area contributed by atoms with Crippen LogP contribution in [0.15, 0.2) is 18.2 Å². The largest absolute Gasteiger partial charge is 0.465 e. The van der Waals surface area contributed by atoms with Gasteiger partial charge in [-0.3, -0.25) is 29.4 Å². The lowest BCUT2D eigenvalue weighted by Crippen LogP contribution is -2.74. The van der Waals surface area contributed by atoms with Crippen LogP contribution in [0.1, 0.15) is 74.1 Å². The van der Waals surface area contributed by atoms with Crippen molar-refractivity contribution in [3.63, 3.8) is 0 Å². The molecule has 3 N–H and O–H groups in total. The molecule has 1 aromatic carbocycles. The van der Waals surface area contributed by atoms with Crippen LogP contribution in [0.5, 0.6) is 0 Å². The summed E-state index contributed by atoms with van der Waals surface area (Å²) in [5, 5.41) is 15.1. The van der Waals surface area contributed by atoms with Gasteiger partial charge >= 0.3 is 6.09 Å². The van der Waals surface area contributed by atoms with Crippen LogP contribution in [0.4, 0.5) is 10.5 Å². The van der Waals surface area contributed by atoms with Gasteiger partial charge in [0.25, 0.3) is 11.8 Å². The van der Waals surface area contributed by atoms with Crippen molar-refractivity contribution in [2.45, 2.75) is 65.5 Å². The molecule has 3 heterocycles. The van der Waals surface area contributed by atoms with Gasteiger partial charge in [-0.1, -0.05) is 33.8 Å². The zero-order valence-corrected chi connectivity index (χ0v) is 21.7. The highest BCUT2D eigenvalue weighted by atomic mass is 16.4. The summed E-state index contributed by atoms with van der Waals surface area (Å²) >= 11 is 0. The van der Waals surface area contributed by atoms with E-state index in [9.17, 15) is 29.1 Å². The molecule has 0 bridgehead atoms. The van der Waals surface area contributed by atoms with Gasteiger partial charge in [0.2, 0.25) is 11.8 Å². The van der Waals surface area contributed by atoms with Crippen LogP contribution >= 0.6 is 0 Å². The van der Waals surface area contributed by atoms with Crippen molar-refractivity contribution in [2.24, 2.45) is 22.7 Å². The molecule has 1 spiro atoms. The Morgan fingerprint density at radius 3 is 2.51 bits per heavy atom. The number of hydrogen-bond donors (Lipinski definition) is 3. The first-order valence-electron chi connectivity index (χ1n) is 12.9. The first-order valence-corrected chi connectivity index (χ1v) is 12.9. The lowest BCUT2D eigenvalue weighted by Gasteiger charge is -2.68. The molecule has 37 heavy (non-hydrogen) atoms. The Kier molecular flexibility index (Phi) is 5.84. The minimum atomic E-state index is -0.994. The van der Waals surface area contributed by atoms with Crippen LogP contribution in [0.3, 0.4) is 0 Å². The van der Waals surface area contributed by atoms with E-state index < -0.39 is 35.8 Å². The number of fused-ring (bicyclic) bond motifs is 1. The van der Waals surface area contributed by atoms with Gasteiger partial charge in [-0.15, -0.1) is 0 Å². The summed E-state index contributed by atoms with van der Waals surface area (Å²) in [7, 11) is 0. The molecule has 0 aromatic heterocycles. The number of hydrogen-bond acceptors (Lipinski definition) is 6. The third kappa shape index (κ3) is 3.97. The van der Waals surface area contributed by atoms with Gasteiger partial charge in [-0.05, 0) is 48.6 Å². The minimum Gasteiger partial charge on any atom is -0.465 e. The van der Waals surface area contributed by atoms with Crippen molar-refractivity contribution in [1.29, 1.82) is 0 Å². The van der Waals surface area contributed by atoms with Crippen LogP contribution in [-0.2, 0) is 9.59 Å². The van der Waals surface area contributed by atoms with Crippen LogP contribution in [0, 0.1) is 22.7 Å². The maximum atomic E-state index is 13.3. The number of nitrogens with zero attached hydrogens (tertiary/aromatic N) is 2. The summed E-state index contributed by atoms with van der Waals surface area (Å²) in [4.78, 5) is 64.4. The molecule has 4 aliphatic rings. The molecule has 10 heteroatoms. The molecule has 198 valence electrons. The molecular weight excluding hydrogens is 476 g/mol. The number of benzene rings is 1. The number of piperidine rings is 1. The number of amides is 5. The lowest BCUT2D eigenvalue weighted by atomic mass is 9.47. The second-order valence-electron chi connectivity index (χ2n) is 12.2. The number of nitrogens with one attached hydrogen (secondary N) is 2. The molecule has 3 fully saturated rings. The van der Waals surface area contributed by atoms with E-state index in [1.165, 1.54) is 0 Å². The van der Waals surface area contributed by atoms with Gasteiger partial charge < -0.3 is 15.3 Å². The van der Waals surface area contributed by atoms with E-state index in [-0.39, 0.29) is 46.8 Å². The van der Waals surface area contributed by atoms with Crippen LogP contribution < -0.4 is 10.6 Å². The molecule has 3 aliphatic heterocycles. The van der Waals surface area contributed by atoms with E-state index in [1.54, 1.807) is 23.1 Å². The number of carboxylic acid groups (broad SMARTS) is 1. The molecule has 1 aliphatic carbocycles. The Hall–Kier alpha value is -3.43. The molecule has 0 radical (unpaired) electrons. The molecule has 5 amide bonds. The molecule has 2 saturated heterocycles. The van der Waals surface area contributed by atoms with Gasteiger partial charge in [0.05, 0.1) is 11.1 Å². The van der Waals surface area contributed by atoms with Crippen molar-refractivity contribution in [2.75, 3.05) is 18.4 Å². The molecule has 1 aromatic rings. The molecule has 3 atom stereocenters. The summed E-state index contributed by atoms with van der Waals surface area (Å²) in [5.41, 5.74) is 0.980. The van der Waals surface area contributed by atoms with E-state index >= 15 is 0 Å². The van der Waals surface area contributed by atoms with Crippen LogP contribution in [0.25, 0.3) is 0 Å². The highest BCUT2D eigenvalue weighted by Crippen LogP contribution is 2.62. The third-order valence-electron chi connectivity index (χ3n) is 8.67. The fraction of sp³-hybridized carbons (Fsp3) is 0.593. The normalized spacial score (nSPS) is 30.0. The zero-order chi connectivity index (χ0) is 26.9. The fourth-order valence-corrected chi connectivity index (χ4v) is 7.14. The molecule has 10 nitrogen and oxygen atoms in total. The molecular formula is C27H34N4O6. The van der Waals surface area contributed by atoms with E-state index in [0.717, 1.165) is 17.7 Å². The van der Waals surface area contributed by atoms with Gasteiger partial charge in [-0.2, -0.15) is 0 Å². The van der Waals surface area contributed by atoms with E-state index in [2.05, 4.69) is 38.3 Å². The van der Waals surface area contributed by atoms with Crippen molar-refractivity contribution < 1.29 is 29.1 Å². The average molecular weight is 511 g/mol. The second kappa shape index (κ2) is 8.56. The van der Waals surface area contributed by atoms with Crippen molar-refractivity contribution >= 4 is 35.4 Å². The van der Waals surface area contributed by atoms with Crippen LogP contribution in [0.2, 0.25) is 0 Å². The SMILES string of the molecule is C[C@H](CNc1cccc2c1C(=O)N(C1CCC(=O)NC1=O)C2=O)C1CC2(C1)CN(C(=O)O)C2C(C)(C)C. The predicted molar refractivity (Wildman–Crippen MR) is 134 cm³/mol. The first-order chi connectivity index (χ1) is 17.3. The molecule has 1 saturated carbocycles. The van der Waals surface area contributed by atoms with Gasteiger partial charge in [0, 0.05) is 36.7 Å². The number of carbonyl (C=O) groups is 5. The predicted octanol–water partition coefficient (Wildman–Crippen LogP) is 2.94. The Labute approximate surface area is 215 Å². The van der Waals surface area contributed by atoms with Gasteiger partial charge in [-0.25, -0.2) is 4.79 Å². The quantitative estimate of drug-likeness (QED) is 0.518. The summed E-state index contributed by atoms with van der Waals surface area (Å²) in [6, 6.07) is 4.08. The van der Waals surface area contributed by atoms with Crippen molar-refractivity contribution in [1.82, 2.24) is 15.1 Å². The monoisotopic (exact) mass is 510 g/mol. The molecule has 5 rings (SSSR count). The lowest BCUT2D eigenvalue weighted by molar-refractivity contribution is -0.179. The summed E-state index contributed by atoms with van der Waals surface area (Å²) in [6.45, 7) is 9.62.